The van der Waals surface area contributed by atoms with Crippen LogP contribution in [0.5, 0.6) is 0 Å². The third kappa shape index (κ3) is 4.28. The molecule has 0 radical (unpaired) electrons. The van der Waals surface area contributed by atoms with Crippen LogP contribution >= 0.6 is 0 Å². The highest BCUT2D eigenvalue weighted by molar-refractivity contribution is 7.90. The number of aromatic nitrogens is 5. The maximum atomic E-state index is 13.4. The van der Waals surface area contributed by atoms with Crippen molar-refractivity contribution in [2.24, 2.45) is 0 Å². The summed E-state index contributed by atoms with van der Waals surface area (Å²) in [7, 11) is -3.74. The summed E-state index contributed by atoms with van der Waals surface area (Å²) in [6.45, 7) is 1.66. The van der Waals surface area contributed by atoms with Gasteiger partial charge < -0.3 is 10.6 Å². The number of sulfone groups is 1. The van der Waals surface area contributed by atoms with Crippen molar-refractivity contribution in [1.29, 1.82) is 0 Å². The summed E-state index contributed by atoms with van der Waals surface area (Å²) in [6.07, 6.45) is 5.30. The molecule has 12 heteroatoms. The van der Waals surface area contributed by atoms with E-state index >= 15 is 0 Å². The number of anilines is 1. The minimum atomic E-state index is -3.74. The number of carbonyl (C=O) groups is 1. The van der Waals surface area contributed by atoms with Gasteiger partial charge in [-0.3, -0.25) is 0 Å². The van der Waals surface area contributed by atoms with Crippen molar-refractivity contribution >= 4 is 21.6 Å². The van der Waals surface area contributed by atoms with Crippen LogP contribution in [0, 0.1) is 5.82 Å². The van der Waals surface area contributed by atoms with Crippen molar-refractivity contribution in [3.05, 3.63) is 54.6 Å². The first-order valence-corrected chi connectivity index (χ1v) is 9.89. The van der Waals surface area contributed by atoms with Gasteiger partial charge in [-0.25, -0.2) is 32.6 Å². The minimum Gasteiger partial charge on any atom is -0.328 e. The van der Waals surface area contributed by atoms with Crippen LogP contribution in [0.15, 0.2) is 47.9 Å². The molecule has 1 atom stereocenters. The third-order valence-corrected chi connectivity index (χ3v) is 4.78. The highest BCUT2D eigenvalue weighted by atomic mass is 32.2. The van der Waals surface area contributed by atoms with Gasteiger partial charge in [0.05, 0.1) is 16.6 Å². The van der Waals surface area contributed by atoms with E-state index in [-0.39, 0.29) is 16.5 Å². The van der Waals surface area contributed by atoms with Crippen molar-refractivity contribution in [3.63, 3.8) is 0 Å². The Kier molecular flexibility index (Phi) is 5.31. The van der Waals surface area contributed by atoms with Gasteiger partial charge in [0.25, 0.3) is 5.95 Å². The first-order chi connectivity index (χ1) is 13.3. The second-order valence-electron chi connectivity index (χ2n) is 5.81. The molecule has 0 spiro atoms. The van der Waals surface area contributed by atoms with Gasteiger partial charge >= 0.3 is 6.03 Å². The molecule has 0 unspecified atom stereocenters. The lowest BCUT2D eigenvalue weighted by atomic mass is 10.3. The summed E-state index contributed by atoms with van der Waals surface area (Å²) in [5.41, 5.74) is -0.0403. The fourth-order valence-corrected chi connectivity index (χ4v) is 3.27. The highest BCUT2D eigenvalue weighted by Crippen LogP contribution is 2.22. The van der Waals surface area contributed by atoms with Gasteiger partial charge in [0.15, 0.2) is 15.7 Å². The average molecular weight is 405 g/mol. The lowest BCUT2D eigenvalue weighted by molar-refractivity contribution is 0.248. The fourth-order valence-electron chi connectivity index (χ4n) is 2.43. The molecule has 28 heavy (non-hydrogen) atoms. The van der Waals surface area contributed by atoms with Gasteiger partial charge in [0.2, 0.25) is 0 Å². The molecule has 0 fully saturated rings. The molecular weight excluding hydrogens is 389 g/mol. The van der Waals surface area contributed by atoms with Gasteiger partial charge in [-0.15, -0.1) is 0 Å². The minimum absolute atomic E-state index is 0.0403. The van der Waals surface area contributed by atoms with E-state index in [1.807, 2.05) is 0 Å². The molecule has 3 rings (SSSR count). The number of nitrogens with one attached hydrogen (secondary N) is 2. The molecule has 0 aliphatic rings. The number of rotatable bonds is 5. The molecular formula is C16H16FN7O3S. The van der Waals surface area contributed by atoms with E-state index in [4.69, 9.17) is 0 Å². The fraction of sp³-hybridized carbons (Fsp3) is 0.188. The number of hydrogen-bond donors (Lipinski definition) is 2. The van der Waals surface area contributed by atoms with Crippen LogP contribution in [0.2, 0.25) is 0 Å². The first kappa shape index (κ1) is 19.4. The standard InChI is InChI=1S/C16H16FN7O3S/c1-10(14-20-9-21-24(14)15-18-6-3-7-19-15)22-16(25)23-12-5-4-11(17)8-13(12)28(2,26)27/h3-10H,1-2H3,(H2,22,23,25)/t10-/m0/s1. The first-order valence-electron chi connectivity index (χ1n) is 8.00. The number of amides is 2. The largest absolute Gasteiger partial charge is 0.328 e. The van der Waals surface area contributed by atoms with Gasteiger partial charge in [-0.05, 0) is 31.2 Å². The number of halogens is 1. The smallest absolute Gasteiger partial charge is 0.319 e. The van der Waals surface area contributed by atoms with E-state index < -0.39 is 27.7 Å². The van der Waals surface area contributed by atoms with Crippen molar-refractivity contribution in [2.75, 3.05) is 11.6 Å². The maximum Gasteiger partial charge on any atom is 0.319 e. The molecule has 2 amide bonds. The zero-order valence-corrected chi connectivity index (χ0v) is 15.7. The molecule has 0 saturated heterocycles. The van der Waals surface area contributed by atoms with Crippen LogP contribution in [0.4, 0.5) is 14.9 Å². The quantitative estimate of drug-likeness (QED) is 0.657. The summed E-state index contributed by atoms with van der Waals surface area (Å²) < 4.78 is 38.4. The second kappa shape index (κ2) is 7.68. The van der Waals surface area contributed by atoms with E-state index in [0.717, 1.165) is 18.4 Å². The predicted octanol–water partition coefficient (Wildman–Crippen LogP) is 1.48. The van der Waals surface area contributed by atoms with E-state index in [0.29, 0.717) is 5.82 Å². The maximum absolute atomic E-state index is 13.4. The van der Waals surface area contributed by atoms with Crippen LogP contribution in [-0.2, 0) is 9.84 Å². The third-order valence-electron chi connectivity index (χ3n) is 3.64. The summed E-state index contributed by atoms with van der Waals surface area (Å²) in [4.78, 5) is 24.3. The molecule has 2 aromatic heterocycles. The Hall–Kier alpha value is -3.41. The Morgan fingerprint density at radius 3 is 2.61 bits per heavy atom. The topological polar surface area (TPSA) is 132 Å². The Balaban J connectivity index is 1.78. The zero-order valence-electron chi connectivity index (χ0n) is 14.9. The lowest BCUT2D eigenvalue weighted by Gasteiger charge is -2.15. The molecule has 146 valence electrons. The molecule has 2 heterocycles. The Bertz CT molecular complexity index is 1100. The molecule has 10 nitrogen and oxygen atoms in total. The number of nitrogens with zero attached hydrogens (tertiary/aromatic N) is 5. The molecule has 0 aliphatic heterocycles. The van der Waals surface area contributed by atoms with Gasteiger partial charge in [0, 0.05) is 18.6 Å². The second-order valence-corrected chi connectivity index (χ2v) is 7.80. The molecule has 2 N–H and O–H groups in total. The van der Waals surface area contributed by atoms with E-state index in [2.05, 4.69) is 30.7 Å². The van der Waals surface area contributed by atoms with Gasteiger partial charge in [-0.2, -0.15) is 9.78 Å². The molecule has 0 saturated carbocycles. The predicted molar refractivity (Wildman–Crippen MR) is 97.0 cm³/mol. The highest BCUT2D eigenvalue weighted by Gasteiger charge is 2.20. The molecule has 3 aromatic rings. The normalized spacial score (nSPS) is 12.4. The van der Waals surface area contributed by atoms with Crippen LogP contribution in [0.25, 0.3) is 5.95 Å². The molecule has 0 bridgehead atoms. The van der Waals surface area contributed by atoms with Crippen LogP contribution in [0.1, 0.15) is 18.8 Å². The van der Waals surface area contributed by atoms with Gasteiger partial charge in [0.1, 0.15) is 12.1 Å². The van der Waals surface area contributed by atoms with Crippen molar-refractivity contribution in [2.45, 2.75) is 17.9 Å². The van der Waals surface area contributed by atoms with Crippen LogP contribution in [-0.4, -0.2) is 45.4 Å². The van der Waals surface area contributed by atoms with Crippen molar-refractivity contribution in [1.82, 2.24) is 30.0 Å². The summed E-state index contributed by atoms with van der Waals surface area (Å²) in [5.74, 6) is -0.0820. The van der Waals surface area contributed by atoms with E-state index in [1.165, 1.54) is 17.1 Å². The number of benzene rings is 1. The van der Waals surface area contributed by atoms with Gasteiger partial charge in [-0.1, -0.05) is 0 Å². The number of hydrogen-bond acceptors (Lipinski definition) is 7. The van der Waals surface area contributed by atoms with Crippen LogP contribution < -0.4 is 10.6 Å². The van der Waals surface area contributed by atoms with Crippen LogP contribution in [0.3, 0.4) is 0 Å². The lowest BCUT2D eigenvalue weighted by Crippen LogP contribution is -2.33. The number of urea groups is 1. The zero-order chi connectivity index (χ0) is 20.3. The van der Waals surface area contributed by atoms with E-state index in [9.17, 15) is 17.6 Å². The van der Waals surface area contributed by atoms with Crippen molar-refractivity contribution < 1.29 is 17.6 Å². The Labute approximate surface area is 159 Å². The summed E-state index contributed by atoms with van der Waals surface area (Å²) in [6, 6.07) is 3.41. The number of carbonyl (C=O) groups excluding carboxylic acids is 1. The monoisotopic (exact) mass is 405 g/mol. The average Bonchev–Trinajstić information content (AvgIpc) is 3.13. The summed E-state index contributed by atoms with van der Waals surface area (Å²) in [5, 5.41) is 9.07. The SMILES string of the molecule is C[C@H](NC(=O)Nc1ccc(F)cc1S(C)(=O)=O)c1ncnn1-c1ncccn1. The van der Waals surface area contributed by atoms with E-state index in [1.54, 1.807) is 25.4 Å². The molecule has 0 aliphatic carbocycles. The summed E-state index contributed by atoms with van der Waals surface area (Å²) >= 11 is 0. The molecule has 1 aromatic carbocycles. The Morgan fingerprint density at radius 1 is 1.21 bits per heavy atom. The Morgan fingerprint density at radius 2 is 1.93 bits per heavy atom. The van der Waals surface area contributed by atoms with Crippen molar-refractivity contribution in [3.8, 4) is 5.95 Å².